The smallest absolute Gasteiger partial charge is 0.237 e. The van der Waals surface area contributed by atoms with Crippen LogP contribution < -0.4 is 20.6 Å². The van der Waals surface area contributed by atoms with Crippen LogP contribution in [0.1, 0.15) is 32.3 Å². The lowest BCUT2D eigenvalue weighted by atomic mass is 10.0. The number of amides is 1. The van der Waals surface area contributed by atoms with Crippen molar-refractivity contribution < 1.29 is 14.3 Å². The van der Waals surface area contributed by atoms with Crippen molar-refractivity contribution in [1.29, 1.82) is 0 Å². The molecule has 0 bridgehead atoms. The number of carbonyl (C=O) groups is 1. The second-order valence-corrected chi connectivity index (χ2v) is 8.54. The highest BCUT2D eigenvalue weighted by Gasteiger charge is 2.22. The fraction of sp³-hybridized carbons (Fsp3) is 0.318. The monoisotopic (exact) mass is 441 g/mol. The lowest BCUT2D eigenvalue weighted by Crippen LogP contribution is -2.24. The molecule has 0 fully saturated rings. The van der Waals surface area contributed by atoms with Crippen molar-refractivity contribution in [3.63, 3.8) is 0 Å². The number of hydrogen-bond acceptors (Lipinski definition) is 7. The van der Waals surface area contributed by atoms with Gasteiger partial charge in [0.05, 0.1) is 25.0 Å². The van der Waals surface area contributed by atoms with Crippen LogP contribution in [0.15, 0.2) is 47.6 Å². The van der Waals surface area contributed by atoms with Gasteiger partial charge in [-0.05, 0) is 36.6 Å². The van der Waals surface area contributed by atoms with E-state index in [4.69, 9.17) is 15.3 Å². The number of nitrogens with two attached hydrogens (primary N) is 1. The van der Waals surface area contributed by atoms with Gasteiger partial charge in [0.2, 0.25) is 11.1 Å². The highest BCUT2D eigenvalue weighted by atomic mass is 32.2. The largest absolute Gasteiger partial charge is 0.497 e. The Morgan fingerprint density at radius 1 is 1.10 bits per heavy atom. The maximum absolute atomic E-state index is 12.8. The predicted octanol–water partition coefficient (Wildman–Crippen LogP) is 3.92. The molecule has 0 aliphatic rings. The Balaban J connectivity index is 1.77. The number of rotatable bonds is 8. The Kier molecular flexibility index (Phi) is 7.06. The van der Waals surface area contributed by atoms with E-state index in [1.165, 1.54) is 16.4 Å². The van der Waals surface area contributed by atoms with Crippen LogP contribution in [0.25, 0.3) is 11.4 Å². The number of carbonyl (C=O) groups excluding carboxylic acids is 1. The summed E-state index contributed by atoms with van der Waals surface area (Å²) in [5.74, 6) is 8.06. The molecule has 31 heavy (non-hydrogen) atoms. The third kappa shape index (κ3) is 4.93. The average Bonchev–Trinajstić information content (AvgIpc) is 3.13. The maximum atomic E-state index is 12.8. The van der Waals surface area contributed by atoms with Crippen molar-refractivity contribution in [2.45, 2.75) is 37.1 Å². The lowest BCUT2D eigenvalue weighted by molar-refractivity contribution is -0.115. The second-order valence-electron chi connectivity index (χ2n) is 7.23. The first-order valence-electron chi connectivity index (χ1n) is 9.85. The number of ether oxygens (including phenoxy) is 2. The van der Waals surface area contributed by atoms with Crippen molar-refractivity contribution in [2.75, 3.05) is 25.4 Å². The third-order valence-corrected chi connectivity index (χ3v) is 5.86. The summed E-state index contributed by atoms with van der Waals surface area (Å²) in [4.78, 5) is 12.8. The van der Waals surface area contributed by atoms with Crippen molar-refractivity contribution in [3.8, 4) is 22.9 Å². The first-order valence-corrected chi connectivity index (χ1v) is 10.7. The van der Waals surface area contributed by atoms with Crippen molar-refractivity contribution in [3.05, 3.63) is 48.0 Å². The number of para-hydroxylation sites is 1. The zero-order chi connectivity index (χ0) is 22.5. The van der Waals surface area contributed by atoms with Gasteiger partial charge in [0.1, 0.15) is 11.5 Å². The van der Waals surface area contributed by atoms with E-state index in [0.717, 1.165) is 11.3 Å². The summed E-state index contributed by atoms with van der Waals surface area (Å²) in [6.07, 6.45) is 0. The fourth-order valence-corrected chi connectivity index (χ4v) is 3.85. The van der Waals surface area contributed by atoms with E-state index in [1.54, 1.807) is 39.3 Å². The Labute approximate surface area is 186 Å². The van der Waals surface area contributed by atoms with Gasteiger partial charge in [-0.25, -0.2) is 4.68 Å². The van der Waals surface area contributed by atoms with E-state index in [0.29, 0.717) is 34.0 Å². The fourth-order valence-electron chi connectivity index (χ4n) is 3.08. The van der Waals surface area contributed by atoms with E-state index in [1.807, 2.05) is 24.3 Å². The number of benzene rings is 2. The van der Waals surface area contributed by atoms with Gasteiger partial charge in [-0.1, -0.05) is 43.8 Å². The summed E-state index contributed by atoms with van der Waals surface area (Å²) in [7, 11) is 3.15. The van der Waals surface area contributed by atoms with E-state index >= 15 is 0 Å². The van der Waals surface area contributed by atoms with Crippen LogP contribution in [0.4, 0.5) is 5.69 Å². The maximum Gasteiger partial charge on any atom is 0.237 e. The molecule has 1 aromatic heterocycles. The number of methoxy groups -OCH3 is 2. The predicted molar refractivity (Wildman–Crippen MR) is 123 cm³/mol. The summed E-state index contributed by atoms with van der Waals surface area (Å²) < 4.78 is 12.0. The van der Waals surface area contributed by atoms with Crippen LogP contribution in [-0.2, 0) is 4.79 Å². The average molecular weight is 442 g/mol. The van der Waals surface area contributed by atoms with Crippen LogP contribution >= 0.6 is 11.8 Å². The number of hydrogen-bond donors (Lipinski definition) is 2. The number of anilines is 1. The first kappa shape index (κ1) is 22.5. The first-order chi connectivity index (χ1) is 14.8. The quantitative estimate of drug-likeness (QED) is 0.403. The lowest BCUT2D eigenvalue weighted by Gasteiger charge is -2.16. The van der Waals surface area contributed by atoms with Gasteiger partial charge in [-0.15, -0.1) is 10.2 Å². The summed E-state index contributed by atoms with van der Waals surface area (Å²) in [5, 5.41) is 11.4. The molecular formula is C22H27N5O3S. The SMILES string of the molecule is COc1ccc(-c2nnc(SC(C)C(=O)Nc3ccccc3C(C)C)n2N)c(OC)c1. The normalized spacial score (nSPS) is 11.9. The molecule has 0 spiro atoms. The molecule has 8 nitrogen and oxygen atoms in total. The standard InChI is InChI=1S/C22H27N5O3S/c1-13(2)16-8-6-7-9-18(16)24-21(28)14(3)31-22-26-25-20(27(22)23)17-11-10-15(29-4)12-19(17)30-5/h6-14H,23H2,1-5H3,(H,24,28). The van der Waals surface area contributed by atoms with Crippen LogP contribution in [0.2, 0.25) is 0 Å². The molecule has 2 aromatic carbocycles. The van der Waals surface area contributed by atoms with Gasteiger partial charge in [-0.3, -0.25) is 4.79 Å². The summed E-state index contributed by atoms with van der Waals surface area (Å²) in [6, 6.07) is 13.1. The van der Waals surface area contributed by atoms with Crippen molar-refractivity contribution >= 4 is 23.4 Å². The molecule has 0 radical (unpaired) electrons. The Hall–Kier alpha value is -3.20. The second kappa shape index (κ2) is 9.74. The molecule has 9 heteroatoms. The van der Waals surface area contributed by atoms with Gasteiger partial charge < -0.3 is 20.6 Å². The number of nitrogens with zero attached hydrogens (tertiary/aromatic N) is 3. The molecule has 3 rings (SSSR count). The van der Waals surface area contributed by atoms with Crippen LogP contribution in [0, 0.1) is 0 Å². The molecule has 1 unspecified atom stereocenters. The molecule has 0 aliphatic carbocycles. The molecule has 164 valence electrons. The molecule has 1 amide bonds. The highest BCUT2D eigenvalue weighted by Crippen LogP contribution is 2.34. The van der Waals surface area contributed by atoms with Crippen LogP contribution in [0.5, 0.6) is 11.5 Å². The minimum Gasteiger partial charge on any atom is -0.497 e. The topological polar surface area (TPSA) is 104 Å². The molecule has 3 N–H and O–H groups in total. The van der Waals surface area contributed by atoms with Crippen LogP contribution in [-0.4, -0.2) is 40.3 Å². The van der Waals surface area contributed by atoms with Gasteiger partial charge in [0.15, 0.2) is 5.82 Å². The van der Waals surface area contributed by atoms with Crippen molar-refractivity contribution in [1.82, 2.24) is 14.9 Å². The van der Waals surface area contributed by atoms with Gasteiger partial charge >= 0.3 is 0 Å². The number of nitrogens with one attached hydrogen (secondary N) is 1. The summed E-state index contributed by atoms with van der Waals surface area (Å²) in [5.41, 5.74) is 2.57. The number of thioether (sulfide) groups is 1. The molecule has 0 aliphatic heterocycles. The zero-order valence-electron chi connectivity index (χ0n) is 18.2. The van der Waals surface area contributed by atoms with E-state index in [9.17, 15) is 4.79 Å². The number of nitrogen functional groups attached to an aromatic ring is 1. The Morgan fingerprint density at radius 3 is 2.52 bits per heavy atom. The minimum atomic E-state index is -0.433. The van der Waals surface area contributed by atoms with E-state index < -0.39 is 5.25 Å². The molecule has 1 heterocycles. The van der Waals surface area contributed by atoms with Crippen molar-refractivity contribution in [2.24, 2.45) is 0 Å². The molecule has 0 saturated heterocycles. The van der Waals surface area contributed by atoms with Gasteiger partial charge in [-0.2, -0.15) is 0 Å². The highest BCUT2D eigenvalue weighted by molar-refractivity contribution is 8.00. The minimum absolute atomic E-state index is 0.135. The van der Waals surface area contributed by atoms with E-state index in [-0.39, 0.29) is 5.91 Å². The van der Waals surface area contributed by atoms with Crippen LogP contribution in [0.3, 0.4) is 0 Å². The Bertz CT molecular complexity index is 1070. The van der Waals surface area contributed by atoms with E-state index in [2.05, 4.69) is 29.4 Å². The molecular weight excluding hydrogens is 414 g/mol. The molecule has 1 atom stereocenters. The zero-order valence-corrected chi connectivity index (χ0v) is 19.1. The Morgan fingerprint density at radius 2 is 1.84 bits per heavy atom. The molecule has 3 aromatic rings. The summed E-state index contributed by atoms with van der Waals surface area (Å²) >= 11 is 1.24. The number of aromatic nitrogens is 3. The summed E-state index contributed by atoms with van der Waals surface area (Å²) in [6.45, 7) is 5.99. The third-order valence-electron chi connectivity index (χ3n) is 4.81. The van der Waals surface area contributed by atoms with Gasteiger partial charge in [0, 0.05) is 11.8 Å². The molecule has 0 saturated carbocycles. The van der Waals surface area contributed by atoms with Gasteiger partial charge in [0.25, 0.3) is 0 Å².